The summed E-state index contributed by atoms with van der Waals surface area (Å²) in [6, 6.07) is 0. The van der Waals surface area contributed by atoms with E-state index in [1.807, 2.05) is 7.11 Å². The highest BCUT2D eigenvalue weighted by Crippen LogP contribution is 2.44. The lowest BCUT2D eigenvalue weighted by Crippen LogP contribution is -2.37. The summed E-state index contributed by atoms with van der Waals surface area (Å²) < 4.78 is 5.55. The standard InChI is InChI=1S/C17H35NO/c1-5-6-7-15-8-10-17(14-18,11-9-15)13-12-16(2,3)19-4/h15H,5-14,18H2,1-4H3. The summed E-state index contributed by atoms with van der Waals surface area (Å²) in [5.41, 5.74) is 6.52. The third kappa shape index (κ3) is 5.43. The summed E-state index contributed by atoms with van der Waals surface area (Å²) in [5, 5.41) is 0. The van der Waals surface area contributed by atoms with Crippen LogP contribution in [-0.4, -0.2) is 19.3 Å². The number of hydrogen-bond acceptors (Lipinski definition) is 2. The van der Waals surface area contributed by atoms with Crippen molar-refractivity contribution in [3.05, 3.63) is 0 Å². The van der Waals surface area contributed by atoms with Gasteiger partial charge in [0.15, 0.2) is 0 Å². The largest absolute Gasteiger partial charge is 0.379 e. The Balaban J connectivity index is 2.42. The SMILES string of the molecule is CCCCC1CCC(CN)(CCC(C)(C)OC)CC1. The molecule has 0 unspecified atom stereocenters. The van der Waals surface area contributed by atoms with Crippen LogP contribution >= 0.6 is 0 Å². The zero-order valence-corrected chi connectivity index (χ0v) is 13.6. The van der Waals surface area contributed by atoms with Gasteiger partial charge in [-0.05, 0) is 70.3 Å². The molecule has 0 aromatic carbocycles. The molecule has 114 valence electrons. The molecule has 1 fully saturated rings. The van der Waals surface area contributed by atoms with Gasteiger partial charge < -0.3 is 10.5 Å². The number of unbranched alkanes of at least 4 members (excludes halogenated alkanes) is 1. The Morgan fingerprint density at radius 1 is 1.26 bits per heavy atom. The van der Waals surface area contributed by atoms with E-state index in [0.29, 0.717) is 5.41 Å². The molecule has 0 saturated heterocycles. The number of nitrogens with two attached hydrogens (primary N) is 1. The molecule has 0 radical (unpaired) electrons. The second-order valence-electron chi connectivity index (χ2n) is 7.25. The van der Waals surface area contributed by atoms with Crippen LogP contribution in [0, 0.1) is 11.3 Å². The Kier molecular flexibility index (Phi) is 6.82. The van der Waals surface area contributed by atoms with E-state index in [1.54, 1.807) is 0 Å². The predicted molar refractivity (Wildman–Crippen MR) is 83.3 cm³/mol. The summed E-state index contributed by atoms with van der Waals surface area (Å²) in [6.45, 7) is 7.52. The third-order valence-electron chi connectivity index (χ3n) is 5.37. The molecular weight excluding hydrogens is 234 g/mol. The van der Waals surface area contributed by atoms with Crippen LogP contribution < -0.4 is 5.73 Å². The molecule has 0 aliphatic heterocycles. The molecular formula is C17H35NO. The molecule has 0 aromatic heterocycles. The first-order chi connectivity index (χ1) is 8.97. The zero-order valence-electron chi connectivity index (χ0n) is 13.6. The molecule has 0 amide bonds. The van der Waals surface area contributed by atoms with E-state index in [-0.39, 0.29) is 5.60 Å². The van der Waals surface area contributed by atoms with Crippen LogP contribution in [0.3, 0.4) is 0 Å². The van der Waals surface area contributed by atoms with E-state index >= 15 is 0 Å². The third-order valence-corrected chi connectivity index (χ3v) is 5.37. The average molecular weight is 269 g/mol. The van der Waals surface area contributed by atoms with Crippen molar-refractivity contribution in [1.29, 1.82) is 0 Å². The van der Waals surface area contributed by atoms with Gasteiger partial charge in [-0.15, -0.1) is 0 Å². The fraction of sp³-hybridized carbons (Fsp3) is 1.00. The first-order valence-corrected chi connectivity index (χ1v) is 8.22. The maximum Gasteiger partial charge on any atom is 0.0623 e. The van der Waals surface area contributed by atoms with Crippen molar-refractivity contribution in [2.45, 2.75) is 84.2 Å². The highest BCUT2D eigenvalue weighted by Gasteiger charge is 2.35. The van der Waals surface area contributed by atoms with Crippen molar-refractivity contribution in [3.8, 4) is 0 Å². The highest BCUT2D eigenvalue weighted by molar-refractivity contribution is 4.88. The lowest BCUT2D eigenvalue weighted by Gasteiger charge is -2.41. The molecule has 0 spiro atoms. The van der Waals surface area contributed by atoms with Crippen molar-refractivity contribution in [2.24, 2.45) is 17.1 Å². The minimum atomic E-state index is 0.00122. The van der Waals surface area contributed by atoms with Crippen molar-refractivity contribution >= 4 is 0 Å². The zero-order chi connectivity index (χ0) is 14.4. The van der Waals surface area contributed by atoms with E-state index in [0.717, 1.165) is 18.9 Å². The molecule has 0 heterocycles. The quantitative estimate of drug-likeness (QED) is 0.703. The Bertz CT molecular complexity index is 242. The van der Waals surface area contributed by atoms with Crippen molar-refractivity contribution in [1.82, 2.24) is 0 Å². The Hall–Kier alpha value is -0.0800. The molecule has 1 rings (SSSR count). The van der Waals surface area contributed by atoms with E-state index in [1.165, 1.54) is 51.4 Å². The van der Waals surface area contributed by atoms with Gasteiger partial charge in [0, 0.05) is 7.11 Å². The number of rotatable bonds is 8. The maximum absolute atomic E-state index is 6.11. The minimum absolute atomic E-state index is 0.00122. The lowest BCUT2D eigenvalue weighted by molar-refractivity contribution is -0.00189. The van der Waals surface area contributed by atoms with Gasteiger partial charge in [0.1, 0.15) is 0 Å². The topological polar surface area (TPSA) is 35.2 Å². The van der Waals surface area contributed by atoms with Crippen LogP contribution in [0.25, 0.3) is 0 Å². The first-order valence-electron chi connectivity index (χ1n) is 8.22. The number of hydrogen-bond donors (Lipinski definition) is 1. The summed E-state index contributed by atoms with van der Waals surface area (Å²) >= 11 is 0. The number of ether oxygens (including phenoxy) is 1. The van der Waals surface area contributed by atoms with Gasteiger partial charge in [0.05, 0.1) is 5.60 Å². The average Bonchev–Trinajstić information content (AvgIpc) is 2.44. The first kappa shape index (κ1) is 17.0. The van der Waals surface area contributed by atoms with Crippen LogP contribution in [-0.2, 0) is 4.74 Å². The van der Waals surface area contributed by atoms with Gasteiger partial charge in [0.2, 0.25) is 0 Å². The molecule has 1 aliphatic carbocycles. The molecule has 1 aliphatic rings. The molecule has 0 aromatic rings. The molecule has 2 N–H and O–H groups in total. The summed E-state index contributed by atoms with van der Waals surface area (Å²) in [4.78, 5) is 0. The second kappa shape index (κ2) is 7.64. The maximum atomic E-state index is 6.11. The van der Waals surface area contributed by atoms with Crippen LogP contribution in [0.1, 0.15) is 78.6 Å². The van der Waals surface area contributed by atoms with Crippen LogP contribution in [0.2, 0.25) is 0 Å². The van der Waals surface area contributed by atoms with Crippen LogP contribution in [0.5, 0.6) is 0 Å². The summed E-state index contributed by atoms with van der Waals surface area (Å²) in [6.07, 6.45) is 12.0. The van der Waals surface area contributed by atoms with Crippen molar-refractivity contribution in [2.75, 3.05) is 13.7 Å². The minimum Gasteiger partial charge on any atom is -0.379 e. The molecule has 19 heavy (non-hydrogen) atoms. The van der Waals surface area contributed by atoms with Crippen LogP contribution in [0.15, 0.2) is 0 Å². The molecule has 2 nitrogen and oxygen atoms in total. The fourth-order valence-electron chi connectivity index (χ4n) is 3.30. The Labute approximate surface area is 120 Å². The highest BCUT2D eigenvalue weighted by atomic mass is 16.5. The lowest BCUT2D eigenvalue weighted by atomic mass is 9.66. The molecule has 0 atom stereocenters. The van der Waals surface area contributed by atoms with Crippen molar-refractivity contribution in [3.63, 3.8) is 0 Å². The van der Waals surface area contributed by atoms with Gasteiger partial charge in [-0.1, -0.05) is 26.2 Å². The molecule has 1 saturated carbocycles. The second-order valence-corrected chi connectivity index (χ2v) is 7.25. The molecule has 0 bridgehead atoms. The van der Waals surface area contributed by atoms with Gasteiger partial charge >= 0.3 is 0 Å². The number of methoxy groups -OCH3 is 1. The van der Waals surface area contributed by atoms with Crippen molar-refractivity contribution < 1.29 is 4.74 Å². The van der Waals surface area contributed by atoms with Gasteiger partial charge in [-0.25, -0.2) is 0 Å². The van der Waals surface area contributed by atoms with Gasteiger partial charge in [-0.2, -0.15) is 0 Å². The van der Waals surface area contributed by atoms with E-state index in [9.17, 15) is 0 Å². The Morgan fingerprint density at radius 3 is 2.37 bits per heavy atom. The monoisotopic (exact) mass is 269 g/mol. The van der Waals surface area contributed by atoms with E-state index < -0.39 is 0 Å². The van der Waals surface area contributed by atoms with Gasteiger partial charge in [-0.3, -0.25) is 0 Å². The summed E-state index contributed by atoms with van der Waals surface area (Å²) in [5.74, 6) is 0.968. The normalized spacial score (nSPS) is 28.6. The molecule has 2 heteroatoms. The summed E-state index contributed by atoms with van der Waals surface area (Å²) in [7, 11) is 1.82. The smallest absolute Gasteiger partial charge is 0.0623 e. The Morgan fingerprint density at radius 2 is 1.89 bits per heavy atom. The van der Waals surface area contributed by atoms with Gasteiger partial charge in [0.25, 0.3) is 0 Å². The van der Waals surface area contributed by atoms with Crippen LogP contribution in [0.4, 0.5) is 0 Å². The van der Waals surface area contributed by atoms with E-state index in [4.69, 9.17) is 10.5 Å². The van der Waals surface area contributed by atoms with E-state index in [2.05, 4.69) is 20.8 Å². The predicted octanol–water partition coefficient (Wildman–Crippen LogP) is 4.52. The fourth-order valence-corrected chi connectivity index (χ4v) is 3.30.